The molecule has 0 amide bonds. The summed E-state index contributed by atoms with van der Waals surface area (Å²) >= 11 is 0. The summed E-state index contributed by atoms with van der Waals surface area (Å²) < 4.78 is 29.7. The Labute approximate surface area is 123 Å². The van der Waals surface area contributed by atoms with E-state index in [4.69, 9.17) is 4.55 Å². The first-order chi connectivity index (χ1) is 5.91. The third-order valence-corrected chi connectivity index (χ3v) is 2.22. The maximum absolute atomic E-state index is 10.5. The fourth-order valence-corrected chi connectivity index (χ4v) is 1.31. The number of carbonyl (C=O) groups excluding carboxylic acids is 1. The Morgan fingerprint density at radius 1 is 1.36 bits per heavy atom. The first kappa shape index (κ1) is 14.2. The number of hydrogen-bond acceptors (Lipinski definition) is 4. The standard InChI is InChI=1S/C7H6O5S.K/c8-7(9)5-2-1-3-6(4-5)13(10,11)12;/h1-4H,(H,8,9)(H,10,11,12);/q;+1/p-1. The van der Waals surface area contributed by atoms with Crippen LogP contribution in [0.25, 0.3) is 0 Å². The van der Waals surface area contributed by atoms with Crippen molar-refractivity contribution in [1.29, 1.82) is 0 Å². The Bertz CT molecular complexity index is 439. The molecule has 0 aliphatic carbocycles. The minimum atomic E-state index is -4.35. The van der Waals surface area contributed by atoms with E-state index >= 15 is 0 Å². The van der Waals surface area contributed by atoms with E-state index in [1.165, 1.54) is 12.1 Å². The molecule has 0 spiro atoms. The SMILES string of the molecule is O=C([O-])c1cccc(S(=O)(=O)O)c1.[K+]. The zero-order valence-electron chi connectivity index (χ0n) is 7.30. The van der Waals surface area contributed by atoms with Gasteiger partial charge in [-0.05, 0) is 17.7 Å². The van der Waals surface area contributed by atoms with Gasteiger partial charge in [0.15, 0.2) is 0 Å². The van der Waals surface area contributed by atoms with Gasteiger partial charge in [-0.15, -0.1) is 0 Å². The number of aromatic carboxylic acids is 1. The van der Waals surface area contributed by atoms with Crippen molar-refractivity contribution in [3.05, 3.63) is 29.8 Å². The first-order valence-electron chi connectivity index (χ1n) is 3.20. The van der Waals surface area contributed by atoms with Gasteiger partial charge in [0.05, 0.1) is 10.9 Å². The summed E-state index contributed by atoms with van der Waals surface area (Å²) in [6.07, 6.45) is 0. The summed E-state index contributed by atoms with van der Waals surface area (Å²) in [5.74, 6) is -1.49. The predicted octanol–water partition coefficient (Wildman–Crippen LogP) is -3.70. The Kier molecular flexibility index (Phi) is 5.45. The molecule has 1 aromatic carbocycles. The van der Waals surface area contributed by atoms with E-state index in [1.54, 1.807) is 0 Å². The van der Waals surface area contributed by atoms with E-state index in [0.29, 0.717) is 0 Å². The van der Waals surface area contributed by atoms with Gasteiger partial charge in [0.1, 0.15) is 0 Å². The molecule has 0 heterocycles. The van der Waals surface area contributed by atoms with Crippen molar-refractivity contribution in [2.75, 3.05) is 0 Å². The fourth-order valence-electron chi connectivity index (χ4n) is 0.784. The monoisotopic (exact) mass is 240 g/mol. The molecular weight excluding hydrogens is 235 g/mol. The summed E-state index contributed by atoms with van der Waals surface area (Å²) in [7, 11) is -4.35. The second-order valence-electron chi connectivity index (χ2n) is 2.29. The quantitative estimate of drug-likeness (QED) is 0.424. The molecule has 0 aliphatic rings. The van der Waals surface area contributed by atoms with Crippen molar-refractivity contribution < 1.29 is 74.3 Å². The van der Waals surface area contributed by atoms with E-state index in [-0.39, 0.29) is 56.9 Å². The van der Waals surface area contributed by atoms with Crippen molar-refractivity contribution in [2.24, 2.45) is 0 Å². The van der Waals surface area contributed by atoms with E-state index in [2.05, 4.69) is 0 Å². The molecule has 0 radical (unpaired) electrons. The van der Waals surface area contributed by atoms with Gasteiger partial charge >= 0.3 is 51.4 Å². The van der Waals surface area contributed by atoms with Gasteiger partial charge < -0.3 is 9.90 Å². The molecular formula is C7H5KO5S. The van der Waals surface area contributed by atoms with Crippen LogP contribution in [0, 0.1) is 0 Å². The third-order valence-electron chi connectivity index (χ3n) is 1.37. The van der Waals surface area contributed by atoms with Crippen LogP contribution in [0.5, 0.6) is 0 Å². The molecule has 1 N–H and O–H groups in total. The molecule has 0 fully saturated rings. The molecule has 0 saturated carbocycles. The van der Waals surface area contributed by atoms with E-state index in [0.717, 1.165) is 12.1 Å². The van der Waals surface area contributed by atoms with Crippen molar-refractivity contribution in [2.45, 2.75) is 4.90 Å². The van der Waals surface area contributed by atoms with Gasteiger partial charge in [-0.3, -0.25) is 4.55 Å². The average molecular weight is 240 g/mol. The van der Waals surface area contributed by atoms with E-state index < -0.39 is 21.0 Å². The molecule has 5 nitrogen and oxygen atoms in total. The summed E-state index contributed by atoms with van der Waals surface area (Å²) in [4.78, 5) is 9.83. The Morgan fingerprint density at radius 3 is 2.36 bits per heavy atom. The van der Waals surface area contributed by atoms with Gasteiger partial charge in [-0.2, -0.15) is 8.42 Å². The molecule has 1 rings (SSSR count). The minimum Gasteiger partial charge on any atom is -0.545 e. The number of benzene rings is 1. The van der Waals surface area contributed by atoms with Crippen LogP contribution < -0.4 is 56.5 Å². The molecule has 0 saturated heterocycles. The zero-order chi connectivity index (χ0) is 10.1. The number of hydrogen-bond donors (Lipinski definition) is 1. The van der Waals surface area contributed by atoms with Crippen LogP contribution in [-0.4, -0.2) is 18.9 Å². The number of carboxylic acids is 1. The minimum absolute atomic E-state index is 0. The first-order valence-corrected chi connectivity index (χ1v) is 4.64. The topological polar surface area (TPSA) is 94.5 Å². The van der Waals surface area contributed by atoms with Crippen LogP contribution in [0.2, 0.25) is 0 Å². The van der Waals surface area contributed by atoms with Crippen molar-refractivity contribution >= 4 is 16.1 Å². The molecule has 0 aromatic heterocycles. The van der Waals surface area contributed by atoms with Crippen LogP contribution in [-0.2, 0) is 10.1 Å². The normalized spacial score (nSPS) is 10.4. The molecule has 70 valence electrons. The zero-order valence-corrected chi connectivity index (χ0v) is 11.2. The summed E-state index contributed by atoms with van der Waals surface area (Å²) in [6.45, 7) is 0. The Morgan fingerprint density at radius 2 is 1.93 bits per heavy atom. The van der Waals surface area contributed by atoms with Gasteiger partial charge in [0, 0.05) is 0 Å². The van der Waals surface area contributed by atoms with Gasteiger partial charge in [0.2, 0.25) is 0 Å². The Balaban J connectivity index is 0.00000169. The summed E-state index contributed by atoms with van der Waals surface area (Å²) in [5, 5.41) is 10.3. The molecule has 1 aromatic rings. The van der Waals surface area contributed by atoms with Crippen molar-refractivity contribution in [3.8, 4) is 0 Å². The van der Waals surface area contributed by atoms with Crippen LogP contribution >= 0.6 is 0 Å². The number of rotatable bonds is 2. The smallest absolute Gasteiger partial charge is 0.545 e. The molecule has 0 aliphatic heterocycles. The molecule has 0 bridgehead atoms. The second kappa shape index (κ2) is 5.36. The fraction of sp³-hybridized carbons (Fsp3) is 0. The van der Waals surface area contributed by atoms with Crippen molar-refractivity contribution in [3.63, 3.8) is 0 Å². The van der Waals surface area contributed by atoms with Crippen LogP contribution in [0.15, 0.2) is 29.2 Å². The summed E-state index contributed by atoms with van der Waals surface area (Å²) in [6, 6.07) is 4.28. The number of carbonyl (C=O) groups is 1. The van der Waals surface area contributed by atoms with Crippen LogP contribution in [0.1, 0.15) is 10.4 Å². The third kappa shape index (κ3) is 3.77. The molecule has 0 unspecified atom stereocenters. The van der Waals surface area contributed by atoms with Crippen LogP contribution in [0.3, 0.4) is 0 Å². The summed E-state index contributed by atoms with van der Waals surface area (Å²) in [5.41, 5.74) is -0.296. The van der Waals surface area contributed by atoms with E-state index in [9.17, 15) is 18.3 Å². The van der Waals surface area contributed by atoms with Gasteiger partial charge in [-0.1, -0.05) is 12.1 Å². The molecule has 7 heteroatoms. The van der Waals surface area contributed by atoms with Crippen LogP contribution in [0.4, 0.5) is 0 Å². The maximum atomic E-state index is 10.5. The van der Waals surface area contributed by atoms with Gasteiger partial charge in [-0.25, -0.2) is 0 Å². The molecule has 0 atom stereocenters. The Hall–Kier alpha value is 0.236. The number of carboxylic acid groups (broad SMARTS) is 1. The second-order valence-corrected chi connectivity index (χ2v) is 3.71. The average Bonchev–Trinajstić information content (AvgIpc) is 2.03. The maximum Gasteiger partial charge on any atom is 1.00 e. The predicted molar refractivity (Wildman–Crippen MR) is 40.6 cm³/mol. The molecule has 14 heavy (non-hydrogen) atoms. The van der Waals surface area contributed by atoms with Crippen molar-refractivity contribution in [1.82, 2.24) is 0 Å². The largest absolute Gasteiger partial charge is 1.00 e. The van der Waals surface area contributed by atoms with E-state index in [1.807, 2.05) is 0 Å². The van der Waals surface area contributed by atoms with Gasteiger partial charge in [0.25, 0.3) is 10.1 Å².